The summed E-state index contributed by atoms with van der Waals surface area (Å²) in [4.78, 5) is 14.0. The van der Waals surface area contributed by atoms with Crippen molar-refractivity contribution in [2.75, 3.05) is 5.75 Å². The normalized spacial score (nSPS) is 10.5. The molecule has 1 heterocycles. The molecule has 0 fully saturated rings. The SMILES string of the molecule is NC(=O)C(CS)N=S=O.c1ccncc1. The van der Waals surface area contributed by atoms with Gasteiger partial charge in [-0.3, -0.25) is 9.78 Å². The molecule has 0 aliphatic rings. The number of aromatic nitrogens is 1. The fraction of sp³-hybridized carbons (Fsp3) is 0.250. The molecule has 0 bridgehead atoms. The Morgan fingerprint density at radius 1 is 1.47 bits per heavy atom. The van der Waals surface area contributed by atoms with Gasteiger partial charge >= 0.3 is 0 Å². The van der Waals surface area contributed by atoms with Crippen molar-refractivity contribution < 1.29 is 9.00 Å². The predicted molar refractivity (Wildman–Crippen MR) is 61.6 cm³/mol. The lowest BCUT2D eigenvalue weighted by atomic mass is 10.3. The van der Waals surface area contributed by atoms with Gasteiger partial charge in [0, 0.05) is 18.1 Å². The van der Waals surface area contributed by atoms with Gasteiger partial charge in [-0.05, 0) is 12.1 Å². The number of carbonyl (C=O) groups is 1. The van der Waals surface area contributed by atoms with Gasteiger partial charge in [0.15, 0.2) is 17.5 Å². The molecule has 7 heteroatoms. The maximum atomic E-state index is 10.2. The summed E-state index contributed by atoms with van der Waals surface area (Å²) in [7, 11) is 0. The van der Waals surface area contributed by atoms with Gasteiger partial charge in [0.25, 0.3) is 0 Å². The second-order valence-corrected chi connectivity index (χ2v) is 3.03. The van der Waals surface area contributed by atoms with Gasteiger partial charge in [-0.2, -0.15) is 21.2 Å². The lowest BCUT2D eigenvalue weighted by Gasteiger charge is -1.97. The topological polar surface area (TPSA) is 85.4 Å². The number of primary amides is 1. The Hall–Kier alpha value is -1.21. The molecule has 1 amide bonds. The largest absolute Gasteiger partial charge is 0.368 e. The first kappa shape index (κ1) is 13.8. The van der Waals surface area contributed by atoms with Crippen molar-refractivity contribution in [2.45, 2.75) is 6.04 Å². The summed E-state index contributed by atoms with van der Waals surface area (Å²) in [6.45, 7) is 0. The van der Waals surface area contributed by atoms with Crippen molar-refractivity contribution in [3.8, 4) is 0 Å². The van der Waals surface area contributed by atoms with E-state index >= 15 is 0 Å². The molecule has 0 saturated carbocycles. The molecule has 82 valence electrons. The number of amides is 1. The van der Waals surface area contributed by atoms with E-state index in [1.807, 2.05) is 18.2 Å². The average Bonchev–Trinajstić information content (AvgIpc) is 2.28. The van der Waals surface area contributed by atoms with Crippen molar-refractivity contribution >= 4 is 30.0 Å². The zero-order valence-electron chi connectivity index (χ0n) is 7.81. The predicted octanol–water partition coefficient (Wildman–Crippen LogP) is 0.248. The van der Waals surface area contributed by atoms with Crippen LogP contribution in [0.1, 0.15) is 0 Å². The number of pyridine rings is 1. The number of carbonyl (C=O) groups excluding carboxylic acids is 1. The molecule has 1 aromatic heterocycles. The Morgan fingerprint density at radius 2 is 2.07 bits per heavy atom. The Kier molecular flexibility index (Phi) is 8.59. The minimum absolute atomic E-state index is 0.0121. The summed E-state index contributed by atoms with van der Waals surface area (Å²) in [5.41, 5.74) is 4.80. The highest BCUT2D eigenvalue weighted by Gasteiger charge is 2.09. The molecular formula is C8H11N3O2S2. The second-order valence-electron chi connectivity index (χ2n) is 2.31. The van der Waals surface area contributed by atoms with E-state index in [4.69, 9.17) is 5.73 Å². The van der Waals surface area contributed by atoms with Gasteiger partial charge in [-0.15, -0.1) is 0 Å². The van der Waals surface area contributed by atoms with Gasteiger partial charge in [0.05, 0.1) is 0 Å². The van der Waals surface area contributed by atoms with Gasteiger partial charge in [0.1, 0.15) is 0 Å². The molecule has 0 saturated heterocycles. The molecule has 1 rings (SSSR count). The molecule has 15 heavy (non-hydrogen) atoms. The summed E-state index contributed by atoms with van der Waals surface area (Å²) >= 11 is 3.73. The molecule has 0 aliphatic heterocycles. The zero-order chi connectivity index (χ0) is 11.5. The minimum atomic E-state index is -0.754. The van der Waals surface area contributed by atoms with Crippen LogP contribution in [0.2, 0.25) is 0 Å². The standard InChI is InChI=1S/C5H5N.C3H6N2O2S2/c1-2-4-6-5-3-1;4-3(6)2(1-8)5-9-7/h1-5H;2,8H,1H2,(H2,4,6). The van der Waals surface area contributed by atoms with E-state index in [2.05, 4.69) is 22.0 Å². The summed E-state index contributed by atoms with van der Waals surface area (Å²) in [5, 5.41) is 0. The summed E-state index contributed by atoms with van der Waals surface area (Å²) < 4.78 is 13.0. The van der Waals surface area contributed by atoms with E-state index in [9.17, 15) is 9.00 Å². The van der Waals surface area contributed by atoms with Gasteiger partial charge in [-0.1, -0.05) is 6.07 Å². The molecule has 0 aliphatic carbocycles. The molecule has 0 spiro atoms. The average molecular weight is 245 g/mol. The first-order valence-electron chi connectivity index (χ1n) is 3.96. The fourth-order valence-corrected chi connectivity index (χ4v) is 1.19. The summed E-state index contributed by atoms with van der Waals surface area (Å²) in [5.74, 6) is -0.432. The van der Waals surface area contributed by atoms with E-state index in [0.29, 0.717) is 0 Å². The number of thiol groups is 1. The van der Waals surface area contributed by atoms with Crippen LogP contribution in [0.5, 0.6) is 0 Å². The van der Waals surface area contributed by atoms with E-state index in [0.717, 1.165) is 0 Å². The van der Waals surface area contributed by atoms with Gasteiger partial charge in [0.2, 0.25) is 5.91 Å². The van der Waals surface area contributed by atoms with Crippen molar-refractivity contribution in [2.24, 2.45) is 10.1 Å². The molecular weight excluding hydrogens is 234 g/mol. The molecule has 1 atom stereocenters. The fourth-order valence-electron chi connectivity index (χ4n) is 0.540. The highest BCUT2D eigenvalue weighted by atomic mass is 32.1. The van der Waals surface area contributed by atoms with E-state index in [1.54, 1.807) is 12.4 Å². The number of rotatable bonds is 3. The van der Waals surface area contributed by atoms with Crippen LogP contribution in [0.15, 0.2) is 35.0 Å². The number of hydrogen-bond acceptors (Lipinski definition) is 5. The van der Waals surface area contributed by atoms with Crippen LogP contribution in [0.3, 0.4) is 0 Å². The monoisotopic (exact) mass is 245 g/mol. The Bertz CT molecular complexity index is 299. The molecule has 1 aromatic rings. The lowest BCUT2D eigenvalue weighted by Crippen LogP contribution is -2.27. The summed E-state index contributed by atoms with van der Waals surface area (Å²) in [6.07, 6.45) is 3.50. The zero-order valence-corrected chi connectivity index (χ0v) is 9.53. The number of nitrogens with zero attached hydrogens (tertiary/aromatic N) is 2. The van der Waals surface area contributed by atoms with Gasteiger partial charge in [-0.25, -0.2) is 0 Å². The third kappa shape index (κ3) is 7.83. The van der Waals surface area contributed by atoms with Gasteiger partial charge < -0.3 is 5.73 Å². The van der Waals surface area contributed by atoms with E-state index < -0.39 is 11.9 Å². The van der Waals surface area contributed by atoms with Crippen LogP contribution >= 0.6 is 12.6 Å². The second kappa shape index (κ2) is 9.35. The van der Waals surface area contributed by atoms with Crippen LogP contribution in [0.4, 0.5) is 0 Å². The Morgan fingerprint density at radius 3 is 2.20 bits per heavy atom. The van der Waals surface area contributed by atoms with Crippen LogP contribution in [0, 0.1) is 0 Å². The first-order valence-corrected chi connectivity index (χ1v) is 5.29. The minimum Gasteiger partial charge on any atom is -0.368 e. The molecule has 5 nitrogen and oxygen atoms in total. The third-order valence-electron chi connectivity index (χ3n) is 1.24. The maximum absolute atomic E-state index is 10.2. The Labute approximate surface area is 96.8 Å². The van der Waals surface area contributed by atoms with Crippen LogP contribution < -0.4 is 5.73 Å². The Balaban J connectivity index is 0.000000280. The summed E-state index contributed by atoms with van der Waals surface area (Å²) in [6, 6.07) is 4.96. The van der Waals surface area contributed by atoms with E-state index in [-0.39, 0.29) is 17.2 Å². The first-order chi connectivity index (χ1) is 7.22. The van der Waals surface area contributed by atoms with Crippen molar-refractivity contribution in [1.82, 2.24) is 4.98 Å². The molecule has 1 unspecified atom stereocenters. The molecule has 0 radical (unpaired) electrons. The number of hydrogen-bond donors (Lipinski definition) is 2. The number of nitrogens with two attached hydrogens (primary N) is 1. The molecule has 2 N–H and O–H groups in total. The maximum Gasteiger partial charge on any atom is 0.244 e. The lowest BCUT2D eigenvalue weighted by molar-refractivity contribution is -0.118. The van der Waals surface area contributed by atoms with Crippen LogP contribution in [0.25, 0.3) is 0 Å². The van der Waals surface area contributed by atoms with Crippen molar-refractivity contribution in [1.29, 1.82) is 0 Å². The van der Waals surface area contributed by atoms with Crippen molar-refractivity contribution in [3.05, 3.63) is 30.6 Å². The van der Waals surface area contributed by atoms with Crippen LogP contribution in [-0.4, -0.2) is 26.9 Å². The smallest absolute Gasteiger partial charge is 0.244 e. The van der Waals surface area contributed by atoms with Crippen molar-refractivity contribution in [3.63, 3.8) is 0 Å². The highest BCUT2D eigenvalue weighted by molar-refractivity contribution is 7.80. The third-order valence-corrected chi connectivity index (χ3v) is 1.92. The quantitative estimate of drug-likeness (QED) is 0.748. The molecule has 0 aromatic carbocycles. The van der Waals surface area contributed by atoms with Crippen LogP contribution in [-0.2, 0) is 16.3 Å². The van der Waals surface area contributed by atoms with E-state index in [1.165, 1.54) is 0 Å². The highest BCUT2D eigenvalue weighted by Crippen LogP contribution is 1.90.